The molecule has 2 aliphatic rings. The van der Waals surface area contributed by atoms with Gasteiger partial charge in [-0.2, -0.15) is 0 Å². The van der Waals surface area contributed by atoms with Gasteiger partial charge >= 0.3 is 0 Å². The standard InChI is InChI=1S/C31H46N2/c1-3-5-7-9-24-10-12-26(13-11-24)27-14-16-28(17-15-27)29-18-20-30(21-19-29)31-32-22-25(23-33-31)8-6-4-2/h18-24,26-28H,3-17H2,1-2H3. The van der Waals surface area contributed by atoms with Gasteiger partial charge in [-0.3, -0.25) is 0 Å². The summed E-state index contributed by atoms with van der Waals surface area (Å²) in [6, 6.07) is 9.16. The van der Waals surface area contributed by atoms with E-state index in [1.54, 1.807) is 0 Å². The maximum absolute atomic E-state index is 4.62. The van der Waals surface area contributed by atoms with Gasteiger partial charge in [0.05, 0.1) is 0 Å². The van der Waals surface area contributed by atoms with Crippen molar-refractivity contribution in [2.75, 3.05) is 0 Å². The second-order valence-electron chi connectivity index (χ2n) is 11.0. The molecule has 2 nitrogen and oxygen atoms in total. The molecule has 180 valence electrons. The minimum Gasteiger partial charge on any atom is -0.236 e. The van der Waals surface area contributed by atoms with E-state index in [0.29, 0.717) is 0 Å². The highest BCUT2D eigenvalue weighted by molar-refractivity contribution is 5.55. The summed E-state index contributed by atoms with van der Waals surface area (Å²) in [7, 11) is 0. The van der Waals surface area contributed by atoms with Crippen LogP contribution in [0.25, 0.3) is 11.4 Å². The average Bonchev–Trinajstić information content (AvgIpc) is 2.89. The third-order valence-corrected chi connectivity index (χ3v) is 8.71. The largest absolute Gasteiger partial charge is 0.236 e. The molecule has 2 heteroatoms. The molecule has 4 rings (SSSR count). The van der Waals surface area contributed by atoms with Crippen molar-refractivity contribution < 1.29 is 0 Å². The Kier molecular flexibility index (Phi) is 9.38. The van der Waals surface area contributed by atoms with Crippen molar-refractivity contribution >= 4 is 0 Å². The van der Waals surface area contributed by atoms with E-state index in [-0.39, 0.29) is 0 Å². The van der Waals surface area contributed by atoms with Crippen LogP contribution in [0.1, 0.15) is 121 Å². The molecule has 0 spiro atoms. The molecule has 0 N–H and O–H groups in total. The Morgan fingerprint density at radius 1 is 0.697 bits per heavy atom. The third-order valence-electron chi connectivity index (χ3n) is 8.71. The van der Waals surface area contributed by atoms with Crippen molar-refractivity contribution in [3.8, 4) is 11.4 Å². The van der Waals surface area contributed by atoms with Crippen LogP contribution < -0.4 is 0 Å². The lowest BCUT2D eigenvalue weighted by Gasteiger charge is -2.38. The Morgan fingerprint density at radius 2 is 1.30 bits per heavy atom. The molecule has 0 unspecified atom stereocenters. The molecule has 2 saturated carbocycles. The van der Waals surface area contributed by atoms with Gasteiger partial charge in [0.15, 0.2) is 5.82 Å². The van der Waals surface area contributed by atoms with Crippen LogP contribution in [0.3, 0.4) is 0 Å². The molecule has 2 fully saturated rings. The Hall–Kier alpha value is -1.70. The van der Waals surface area contributed by atoms with E-state index < -0.39 is 0 Å². The van der Waals surface area contributed by atoms with E-state index in [9.17, 15) is 0 Å². The molecular formula is C31H46N2. The first-order valence-electron chi connectivity index (χ1n) is 14.2. The molecular weight excluding hydrogens is 400 g/mol. The minimum atomic E-state index is 0.748. The van der Waals surface area contributed by atoms with Gasteiger partial charge in [0.25, 0.3) is 0 Å². The topological polar surface area (TPSA) is 25.8 Å². The van der Waals surface area contributed by atoms with E-state index in [4.69, 9.17) is 0 Å². The van der Waals surface area contributed by atoms with Gasteiger partial charge in [-0.1, -0.05) is 83.1 Å². The quantitative estimate of drug-likeness (QED) is 0.340. The monoisotopic (exact) mass is 446 g/mol. The van der Waals surface area contributed by atoms with Crippen molar-refractivity contribution in [1.29, 1.82) is 0 Å². The summed E-state index contributed by atoms with van der Waals surface area (Å²) in [6.07, 6.45) is 25.0. The summed E-state index contributed by atoms with van der Waals surface area (Å²) >= 11 is 0. The lowest BCUT2D eigenvalue weighted by atomic mass is 9.68. The molecule has 0 amide bonds. The maximum Gasteiger partial charge on any atom is 0.159 e. The number of unbranched alkanes of at least 4 members (excludes halogenated alkanes) is 3. The van der Waals surface area contributed by atoms with Crippen LogP contribution in [-0.4, -0.2) is 9.97 Å². The van der Waals surface area contributed by atoms with Gasteiger partial charge in [-0.15, -0.1) is 0 Å². The number of rotatable bonds is 10. The molecule has 1 heterocycles. The van der Waals surface area contributed by atoms with Crippen molar-refractivity contribution in [3.63, 3.8) is 0 Å². The second kappa shape index (κ2) is 12.7. The predicted molar refractivity (Wildman–Crippen MR) is 140 cm³/mol. The minimum absolute atomic E-state index is 0.748. The van der Waals surface area contributed by atoms with Crippen LogP contribution in [0.4, 0.5) is 0 Å². The Bertz CT molecular complexity index is 794. The summed E-state index contributed by atoms with van der Waals surface area (Å²) in [5, 5.41) is 0. The molecule has 2 aromatic rings. The summed E-state index contributed by atoms with van der Waals surface area (Å²) in [6.45, 7) is 4.55. The van der Waals surface area contributed by atoms with Gasteiger partial charge in [0.1, 0.15) is 0 Å². The summed E-state index contributed by atoms with van der Waals surface area (Å²) in [5.74, 6) is 4.66. The van der Waals surface area contributed by atoms with Crippen LogP contribution in [0, 0.1) is 17.8 Å². The van der Waals surface area contributed by atoms with Crippen molar-refractivity contribution in [3.05, 3.63) is 47.8 Å². The normalized spacial score (nSPS) is 25.8. The van der Waals surface area contributed by atoms with E-state index in [2.05, 4.69) is 48.1 Å². The van der Waals surface area contributed by atoms with Gasteiger partial charge < -0.3 is 0 Å². The third kappa shape index (κ3) is 6.90. The van der Waals surface area contributed by atoms with Crippen LogP contribution in [0.2, 0.25) is 0 Å². The first kappa shape index (κ1) is 24.4. The average molecular weight is 447 g/mol. The zero-order valence-corrected chi connectivity index (χ0v) is 21.3. The molecule has 0 atom stereocenters. The molecule has 1 aromatic carbocycles. The Morgan fingerprint density at radius 3 is 1.91 bits per heavy atom. The Balaban J connectivity index is 1.23. The zero-order valence-electron chi connectivity index (χ0n) is 21.3. The first-order chi connectivity index (χ1) is 16.3. The van der Waals surface area contributed by atoms with Crippen LogP contribution >= 0.6 is 0 Å². The van der Waals surface area contributed by atoms with Crippen molar-refractivity contribution in [2.24, 2.45) is 17.8 Å². The lowest BCUT2D eigenvalue weighted by molar-refractivity contribution is 0.155. The second-order valence-corrected chi connectivity index (χ2v) is 11.0. The number of hydrogen-bond acceptors (Lipinski definition) is 2. The SMILES string of the molecule is CCCCCC1CCC(C2CCC(c3ccc(-c4ncc(CCCC)cn4)cc3)CC2)CC1. The van der Waals surface area contributed by atoms with E-state index >= 15 is 0 Å². The highest BCUT2D eigenvalue weighted by Crippen LogP contribution is 2.44. The predicted octanol–water partition coefficient (Wildman–Crippen LogP) is 9.15. The number of benzene rings is 1. The summed E-state index contributed by atoms with van der Waals surface area (Å²) in [4.78, 5) is 9.24. The maximum atomic E-state index is 4.62. The first-order valence-corrected chi connectivity index (χ1v) is 14.2. The smallest absolute Gasteiger partial charge is 0.159 e. The molecule has 33 heavy (non-hydrogen) atoms. The highest BCUT2D eigenvalue weighted by Gasteiger charge is 2.31. The molecule has 0 saturated heterocycles. The highest BCUT2D eigenvalue weighted by atomic mass is 14.9. The fourth-order valence-corrected chi connectivity index (χ4v) is 6.47. The summed E-state index contributed by atoms with van der Waals surface area (Å²) < 4.78 is 0. The number of hydrogen-bond donors (Lipinski definition) is 0. The lowest BCUT2D eigenvalue weighted by Crippen LogP contribution is -2.25. The van der Waals surface area contributed by atoms with Crippen molar-refractivity contribution in [1.82, 2.24) is 9.97 Å². The van der Waals surface area contributed by atoms with Gasteiger partial charge in [-0.05, 0) is 86.2 Å². The van der Waals surface area contributed by atoms with Gasteiger partial charge in [-0.25, -0.2) is 9.97 Å². The fraction of sp³-hybridized carbons (Fsp3) is 0.677. The van der Waals surface area contributed by atoms with Crippen LogP contribution in [0.5, 0.6) is 0 Å². The number of nitrogens with zero attached hydrogens (tertiary/aromatic N) is 2. The zero-order chi connectivity index (χ0) is 22.9. The fourth-order valence-electron chi connectivity index (χ4n) is 6.47. The van der Waals surface area contributed by atoms with E-state index in [1.807, 2.05) is 12.4 Å². The van der Waals surface area contributed by atoms with Gasteiger partial charge in [0.2, 0.25) is 0 Å². The number of aryl methyl sites for hydroxylation is 1. The van der Waals surface area contributed by atoms with E-state index in [1.165, 1.54) is 101 Å². The van der Waals surface area contributed by atoms with Gasteiger partial charge in [0, 0.05) is 18.0 Å². The van der Waals surface area contributed by atoms with E-state index in [0.717, 1.165) is 41.5 Å². The summed E-state index contributed by atoms with van der Waals surface area (Å²) in [5.41, 5.74) is 3.92. The van der Waals surface area contributed by atoms with Crippen LogP contribution in [0.15, 0.2) is 36.7 Å². The molecule has 0 radical (unpaired) electrons. The number of aromatic nitrogens is 2. The molecule has 0 aliphatic heterocycles. The Labute approximate surface area is 203 Å². The van der Waals surface area contributed by atoms with Crippen molar-refractivity contribution in [2.45, 2.75) is 116 Å². The van der Waals surface area contributed by atoms with Crippen LogP contribution in [-0.2, 0) is 6.42 Å². The molecule has 2 aliphatic carbocycles. The molecule has 1 aromatic heterocycles. The molecule has 0 bridgehead atoms.